The van der Waals surface area contributed by atoms with E-state index in [0.29, 0.717) is 37.0 Å². The van der Waals surface area contributed by atoms with Gasteiger partial charge in [-0.25, -0.2) is 17.8 Å². The fourth-order valence-corrected chi connectivity index (χ4v) is 4.23. The van der Waals surface area contributed by atoms with E-state index in [1.807, 2.05) is 4.90 Å². The van der Waals surface area contributed by atoms with Crippen molar-refractivity contribution >= 4 is 32.4 Å². The van der Waals surface area contributed by atoms with Gasteiger partial charge in [-0.05, 0) is 24.3 Å². The maximum absolute atomic E-state index is 13.0. The van der Waals surface area contributed by atoms with Crippen molar-refractivity contribution < 1.29 is 17.6 Å². The van der Waals surface area contributed by atoms with Crippen LogP contribution in [0, 0.1) is 5.82 Å². The Morgan fingerprint density at radius 2 is 1.88 bits per heavy atom. The van der Waals surface area contributed by atoms with Crippen LogP contribution >= 0.6 is 11.3 Å². The third kappa shape index (κ3) is 4.85. The van der Waals surface area contributed by atoms with Crippen molar-refractivity contribution in [2.45, 2.75) is 0 Å². The number of anilines is 1. The van der Waals surface area contributed by atoms with Gasteiger partial charge in [-0.15, -0.1) is 11.3 Å². The fourth-order valence-electron chi connectivity index (χ4n) is 2.67. The average Bonchev–Trinajstić information content (AvgIpc) is 3.03. The highest BCUT2D eigenvalue weighted by Crippen LogP contribution is 2.25. The first-order valence-corrected chi connectivity index (χ1v) is 10.7. The minimum atomic E-state index is -3.18. The molecule has 1 aromatic carbocycles. The Bertz CT molecular complexity index is 875. The first-order chi connectivity index (χ1) is 12.3. The van der Waals surface area contributed by atoms with Crippen LogP contribution in [-0.2, 0) is 14.8 Å². The third-order valence-electron chi connectivity index (χ3n) is 4.06. The molecule has 7 nitrogen and oxygen atoms in total. The zero-order valence-corrected chi connectivity index (χ0v) is 15.8. The van der Waals surface area contributed by atoms with E-state index in [2.05, 4.69) is 10.3 Å². The summed E-state index contributed by atoms with van der Waals surface area (Å²) in [5, 5.41) is 5.03. The van der Waals surface area contributed by atoms with Gasteiger partial charge >= 0.3 is 0 Å². The molecule has 1 aliphatic rings. The molecule has 1 amide bonds. The Morgan fingerprint density at radius 1 is 1.23 bits per heavy atom. The summed E-state index contributed by atoms with van der Waals surface area (Å²) in [5.41, 5.74) is 1.45. The maximum Gasteiger partial charge on any atom is 0.240 e. The van der Waals surface area contributed by atoms with Crippen molar-refractivity contribution in [2.75, 3.05) is 44.3 Å². The highest BCUT2D eigenvalue weighted by molar-refractivity contribution is 7.88. The summed E-state index contributed by atoms with van der Waals surface area (Å²) >= 11 is 1.30. The smallest absolute Gasteiger partial charge is 0.240 e. The van der Waals surface area contributed by atoms with Crippen LogP contribution in [0.3, 0.4) is 0 Å². The molecule has 1 aromatic heterocycles. The molecule has 1 N–H and O–H groups in total. The van der Waals surface area contributed by atoms with E-state index in [1.165, 1.54) is 34.0 Å². The summed E-state index contributed by atoms with van der Waals surface area (Å²) < 4.78 is 37.4. The van der Waals surface area contributed by atoms with Gasteiger partial charge < -0.3 is 5.32 Å². The summed E-state index contributed by atoms with van der Waals surface area (Å²) in [6.07, 6.45) is 1.19. The first kappa shape index (κ1) is 18.9. The summed E-state index contributed by atoms with van der Waals surface area (Å²) in [4.78, 5) is 18.4. The molecule has 0 aliphatic carbocycles. The number of hydrogen-bond donors (Lipinski definition) is 1. The highest BCUT2D eigenvalue weighted by Gasteiger charge is 2.24. The number of piperazine rings is 1. The Morgan fingerprint density at radius 3 is 2.50 bits per heavy atom. The van der Waals surface area contributed by atoms with Crippen LogP contribution in [-0.4, -0.2) is 67.5 Å². The lowest BCUT2D eigenvalue weighted by atomic mass is 10.2. The normalized spacial score (nSPS) is 16.5. The summed E-state index contributed by atoms with van der Waals surface area (Å²) in [7, 11) is -3.18. The van der Waals surface area contributed by atoms with Gasteiger partial charge in [0.15, 0.2) is 5.13 Å². The molecule has 0 radical (unpaired) electrons. The average molecular weight is 398 g/mol. The van der Waals surface area contributed by atoms with E-state index in [-0.39, 0.29) is 18.3 Å². The summed E-state index contributed by atoms with van der Waals surface area (Å²) in [5.74, 6) is -0.508. The molecule has 26 heavy (non-hydrogen) atoms. The van der Waals surface area contributed by atoms with Gasteiger partial charge in [0, 0.05) is 37.1 Å². The molecule has 1 saturated heterocycles. The van der Waals surface area contributed by atoms with E-state index in [4.69, 9.17) is 0 Å². The van der Waals surface area contributed by atoms with Crippen LogP contribution in [0.2, 0.25) is 0 Å². The maximum atomic E-state index is 13.0. The van der Waals surface area contributed by atoms with Crippen molar-refractivity contribution in [3.05, 3.63) is 35.5 Å². The molecular formula is C16H19FN4O3S2. The number of sulfonamides is 1. The molecule has 0 bridgehead atoms. The van der Waals surface area contributed by atoms with Gasteiger partial charge in [-0.3, -0.25) is 9.69 Å². The van der Waals surface area contributed by atoms with E-state index in [1.54, 1.807) is 17.5 Å². The van der Waals surface area contributed by atoms with Crippen molar-refractivity contribution in [1.82, 2.24) is 14.2 Å². The highest BCUT2D eigenvalue weighted by atomic mass is 32.2. The van der Waals surface area contributed by atoms with E-state index < -0.39 is 10.0 Å². The molecule has 0 unspecified atom stereocenters. The lowest BCUT2D eigenvalue weighted by Gasteiger charge is -2.32. The van der Waals surface area contributed by atoms with Gasteiger partial charge in [-0.2, -0.15) is 4.31 Å². The van der Waals surface area contributed by atoms with E-state index >= 15 is 0 Å². The number of benzene rings is 1. The molecule has 0 saturated carbocycles. The second-order valence-corrected chi connectivity index (χ2v) is 8.87. The molecular weight excluding hydrogens is 379 g/mol. The number of carbonyl (C=O) groups is 1. The number of nitrogens with one attached hydrogen (secondary N) is 1. The predicted octanol–water partition coefficient (Wildman–Crippen LogP) is 1.46. The van der Waals surface area contributed by atoms with Gasteiger partial charge in [0.1, 0.15) is 5.82 Å². The van der Waals surface area contributed by atoms with Crippen LogP contribution in [0.25, 0.3) is 11.3 Å². The van der Waals surface area contributed by atoms with Crippen molar-refractivity contribution in [2.24, 2.45) is 0 Å². The Hall–Kier alpha value is -1.88. The zero-order chi connectivity index (χ0) is 18.7. The first-order valence-electron chi connectivity index (χ1n) is 8.00. The number of nitrogens with zero attached hydrogens (tertiary/aromatic N) is 3. The van der Waals surface area contributed by atoms with Crippen LogP contribution in [0.15, 0.2) is 29.6 Å². The molecule has 1 fully saturated rings. The van der Waals surface area contributed by atoms with Crippen LogP contribution in [0.5, 0.6) is 0 Å². The summed E-state index contributed by atoms with van der Waals surface area (Å²) in [6.45, 7) is 1.98. The Labute approximate surface area is 155 Å². The minimum absolute atomic E-state index is 0.184. The van der Waals surface area contributed by atoms with Gasteiger partial charge in [0.05, 0.1) is 18.5 Å². The Balaban J connectivity index is 1.52. The lowest BCUT2D eigenvalue weighted by molar-refractivity contribution is -0.117. The standard InChI is InChI=1S/C16H19FN4O3S2/c1-26(23,24)21-8-6-20(7-9-21)10-15(22)19-16-18-14(11-25-16)12-2-4-13(17)5-3-12/h2-5,11H,6-10H2,1H3,(H,18,19,22). The molecule has 2 heterocycles. The van der Waals surface area contributed by atoms with Crippen molar-refractivity contribution in [3.63, 3.8) is 0 Å². The molecule has 2 aromatic rings. The van der Waals surface area contributed by atoms with Crippen molar-refractivity contribution in [3.8, 4) is 11.3 Å². The molecule has 0 spiro atoms. The molecule has 3 rings (SSSR count). The summed E-state index contributed by atoms with van der Waals surface area (Å²) in [6, 6.07) is 6.00. The largest absolute Gasteiger partial charge is 0.301 e. The monoisotopic (exact) mass is 398 g/mol. The number of hydrogen-bond acceptors (Lipinski definition) is 6. The zero-order valence-electron chi connectivity index (χ0n) is 14.2. The SMILES string of the molecule is CS(=O)(=O)N1CCN(CC(=O)Nc2nc(-c3ccc(F)cc3)cs2)CC1. The molecule has 1 aliphatic heterocycles. The van der Waals surface area contributed by atoms with E-state index in [0.717, 1.165) is 5.56 Å². The van der Waals surface area contributed by atoms with Crippen LogP contribution in [0.1, 0.15) is 0 Å². The molecule has 140 valence electrons. The van der Waals surface area contributed by atoms with E-state index in [9.17, 15) is 17.6 Å². The molecule has 0 atom stereocenters. The number of rotatable bonds is 5. The minimum Gasteiger partial charge on any atom is -0.301 e. The predicted molar refractivity (Wildman–Crippen MR) is 99.0 cm³/mol. The number of thiazole rings is 1. The van der Waals surface area contributed by atoms with Crippen LogP contribution in [0.4, 0.5) is 9.52 Å². The van der Waals surface area contributed by atoms with Crippen molar-refractivity contribution in [1.29, 1.82) is 0 Å². The Kier molecular flexibility index (Phi) is 5.66. The van der Waals surface area contributed by atoms with Gasteiger partial charge in [-0.1, -0.05) is 0 Å². The lowest BCUT2D eigenvalue weighted by Crippen LogP contribution is -2.50. The number of amides is 1. The molecule has 10 heteroatoms. The number of aromatic nitrogens is 1. The second kappa shape index (κ2) is 7.78. The fraction of sp³-hybridized carbons (Fsp3) is 0.375. The third-order valence-corrected chi connectivity index (χ3v) is 6.12. The second-order valence-electron chi connectivity index (χ2n) is 6.03. The topological polar surface area (TPSA) is 82.6 Å². The number of carbonyl (C=O) groups excluding carboxylic acids is 1. The van der Waals surface area contributed by atoms with Gasteiger partial charge in [0.2, 0.25) is 15.9 Å². The quantitative estimate of drug-likeness (QED) is 0.825. The van der Waals surface area contributed by atoms with Crippen LogP contribution < -0.4 is 5.32 Å². The number of halogens is 1. The van der Waals surface area contributed by atoms with Gasteiger partial charge in [0.25, 0.3) is 0 Å².